The second-order valence-corrected chi connectivity index (χ2v) is 7.22. The molecule has 5 aromatic rings. The molecule has 0 fully saturated rings. The second kappa shape index (κ2) is 6.59. The van der Waals surface area contributed by atoms with E-state index < -0.39 is 26.0 Å². The van der Waals surface area contributed by atoms with E-state index in [1.54, 1.807) is 6.07 Å². The molecule has 142 valence electrons. The Kier molecular flexibility index (Phi) is 2.78. The predicted molar refractivity (Wildman–Crippen MR) is 121 cm³/mol. The van der Waals surface area contributed by atoms with Gasteiger partial charge in [0.05, 0.1) is 5.69 Å². The van der Waals surface area contributed by atoms with Crippen LogP contribution in [0.25, 0.3) is 44.3 Å². The maximum atomic E-state index is 8.00. The monoisotopic (exact) mass is 383 g/mol. The first kappa shape index (κ1) is 12.2. The molecule has 0 atom stereocenters. The Hall–Kier alpha value is -3.39. The zero-order chi connectivity index (χ0) is 24.7. The number of para-hydroxylation sites is 1. The molecule has 0 saturated heterocycles. The summed E-state index contributed by atoms with van der Waals surface area (Å²) in [5, 5.41) is 1.87. The molecule has 0 unspecified atom stereocenters. The van der Waals surface area contributed by atoms with Crippen molar-refractivity contribution in [1.29, 1.82) is 0 Å². The van der Waals surface area contributed by atoms with Crippen molar-refractivity contribution in [2.45, 2.75) is 26.0 Å². The largest absolute Gasteiger partial charge is 0.455 e. The lowest BCUT2D eigenvalue weighted by molar-refractivity contribution is 0.589. The highest BCUT2D eigenvalue weighted by molar-refractivity contribution is 6.10. The van der Waals surface area contributed by atoms with Crippen molar-refractivity contribution in [3.05, 3.63) is 90.6 Å². The molecular weight excluding hydrogens is 354 g/mol. The minimum absolute atomic E-state index is 0.238. The van der Waals surface area contributed by atoms with Gasteiger partial charge in [-0.25, -0.2) is 0 Å². The van der Waals surface area contributed by atoms with Crippen LogP contribution >= 0.6 is 0 Å². The summed E-state index contributed by atoms with van der Waals surface area (Å²) >= 11 is 0. The fourth-order valence-electron chi connectivity index (χ4n) is 3.66. The van der Waals surface area contributed by atoms with Crippen LogP contribution in [0.5, 0.6) is 0 Å². The van der Waals surface area contributed by atoms with Gasteiger partial charge in [-0.05, 0) is 52.4 Å². The summed E-state index contributed by atoms with van der Waals surface area (Å²) in [5.74, 6) is 0. The SMILES string of the molecule is [2H]C([2H])C(c1ccnc(-c2cccc3c2oc2cc(-c4ccccc4)ccc23)c1)(C([2H])[2H])C([2H])[2H]. The molecule has 0 N–H and O–H groups in total. The van der Waals surface area contributed by atoms with E-state index in [9.17, 15) is 0 Å². The van der Waals surface area contributed by atoms with Crippen molar-refractivity contribution >= 4 is 21.9 Å². The van der Waals surface area contributed by atoms with E-state index in [2.05, 4.69) is 11.1 Å². The summed E-state index contributed by atoms with van der Waals surface area (Å²) < 4.78 is 54.3. The molecule has 0 aliphatic heterocycles. The van der Waals surface area contributed by atoms with Gasteiger partial charge >= 0.3 is 0 Å². The molecule has 0 bridgehead atoms. The molecule has 0 amide bonds. The van der Waals surface area contributed by atoms with Gasteiger partial charge in [0.1, 0.15) is 11.2 Å². The van der Waals surface area contributed by atoms with Gasteiger partial charge in [-0.1, -0.05) is 69.2 Å². The van der Waals surface area contributed by atoms with Crippen molar-refractivity contribution in [2.24, 2.45) is 0 Å². The van der Waals surface area contributed by atoms with Crippen molar-refractivity contribution in [3.63, 3.8) is 0 Å². The highest BCUT2D eigenvalue weighted by Crippen LogP contribution is 2.37. The van der Waals surface area contributed by atoms with Gasteiger partial charge in [0, 0.05) is 30.8 Å². The Morgan fingerprint density at radius 3 is 2.48 bits per heavy atom. The molecule has 2 aromatic heterocycles. The molecule has 2 heterocycles. The summed E-state index contributed by atoms with van der Waals surface area (Å²) in [6.07, 6.45) is 1.47. The average molecular weight is 384 g/mol. The number of pyridine rings is 1. The minimum Gasteiger partial charge on any atom is -0.455 e. The number of hydrogen-bond acceptors (Lipinski definition) is 2. The summed E-state index contributed by atoms with van der Waals surface area (Å²) in [6.45, 7) is -5.22. The summed E-state index contributed by atoms with van der Waals surface area (Å²) in [5.41, 5.74) is 2.94. The zero-order valence-corrected chi connectivity index (χ0v) is 15.7. The maximum Gasteiger partial charge on any atom is 0.144 e. The van der Waals surface area contributed by atoms with E-state index in [1.165, 1.54) is 12.3 Å². The van der Waals surface area contributed by atoms with E-state index in [4.69, 9.17) is 12.6 Å². The van der Waals surface area contributed by atoms with Gasteiger partial charge in [0.2, 0.25) is 0 Å². The van der Waals surface area contributed by atoms with Crippen molar-refractivity contribution in [3.8, 4) is 22.4 Å². The Bertz CT molecular complexity index is 1470. The molecule has 2 nitrogen and oxygen atoms in total. The lowest BCUT2D eigenvalue weighted by Crippen LogP contribution is -2.11. The maximum absolute atomic E-state index is 8.00. The number of hydrogen-bond donors (Lipinski definition) is 0. The quantitative estimate of drug-likeness (QED) is 0.313. The topological polar surface area (TPSA) is 26.0 Å². The number of furan rings is 1. The molecule has 0 aliphatic rings. The third-order valence-corrected chi connectivity index (χ3v) is 5.14. The van der Waals surface area contributed by atoms with Crippen LogP contribution in [0.15, 0.2) is 89.5 Å². The van der Waals surface area contributed by atoms with Crippen LogP contribution in [0, 0.1) is 0 Å². The molecule has 0 radical (unpaired) electrons. The lowest BCUT2D eigenvalue weighted by Gasteiger charge is -2.19. The van der Waals surface area contributed by atoms with Gasteiger partial charge in [-0.15, -0.1) is 0 Å². The number of rotatable bonds is 2. The van der Waals surface area contributed by atoms with Crippen LogP contribution in [0.1, 0.15) is 34.4 Å². The van der Waals surface area contributed by atoms with Gasteiger partial charge in [-0.3, -0.25) is 4.98 Å². The molecule has 2 heteroatoms. The molecule has 29 heavy (non-hydrogen) atoms. The first-order chi connectivity index (χ1) is 16.8. The van der Waals surface area contributed by atoms with Crippen molar-refractivity contribution in [1.82, 2.24) is 4.98 Å². The number of aromatic nitrogens is 1. The Labute approximate surface area is 179 Å². The first-order valence-electron chi connectivity index (χ1n) is 12.8. The fourth-order valence-corrected chi connectivity index (χ4v) is 3.66. The lowest BCUT2D eigenvalue weighted by atomic mass is 9.87. The Balaban J connectivity index is 1.68. The van der Waals surface area contributed by atoms with Gasteiger partial charge in [0.15, 0.2) is 0 Å². The molecule has 3 aromatic carbocycles. The minimum atomic E-state index is -1.93. The molecule has 5 rings (SSSR count). The van der Waals surface area contributed by atoms with E-state index in [-0.39, 0.29) is 5.56 Å². The highest BCUT2D eigenvalue weighted by atomic mass is 16.3. The fraction of sp³-hybridized carbons (Fsp3) is 0.148. The summed E-state index contributed by atoms with van der Waals surface area (Å²) in [7, 11) is 0. The number of fused-ring (bicyclic) bond motifs is 3. The van der Waals surface area contributed by atoms with Crippen LogP contribution in [0.2, 0.25) is 0 Å². The van der Waals surface area contributed by atoms with Gasteiger partial charge in [-0.2, -0.15) is 0 Å². The molecule has 0 saturated carbocycles. The normalized spacial score (nSPS) is 15.3. The number of nitrogens with zero attached hydrogens (tertiary/aromatic N) is 1. The molecular formula is C27H23NO. The van der Waals surface area contributed by atoms with Crippen LogP contribution < -0.4 is 0 Å². The zero-order valence-electron chi connectivity index (χ0n) is 21.7. The second-order valence-electron chi connectivity index (χ2n) is 7.22. The van der Waals surface area contributed by atoms with Gasteiger partial charge < -0.3 is 4.42 Å². The van der Waals surface area contributed by atoms with Crippen LogP contribution in [-0.2, 0) is 5.41 Å². The first-order valence-corrected chi connectivity index (χ1v) is 9.35. The predicted octanol–water partition coefficient (Wildman–Crippen LogP) is 7.61. The van der Waals surface area contributed by atoms with Crippen LogP contribution in [0.3, 0.4) is 0 Å². The standard InChI is InChI=1S/C27H23NO/c1-27(2,3)20-14-15-28-24(17-20)23-11-7-10-22-21-13-12-19(16-25(21)29-26(22)23)18-8-5-4-6-9-18/h4-17H,1-3H3/i1D2,2D2,3D2. The van der Waals surface area contributed by atoms with E-state index >= 15 is 0 Å². The van der Waals surface area contributed by atoms with Crippen molar-refractivity contribution in [2.75, 3.05) is 0 Å². The van der Waals surface area contributed by atoms with E-state index in [1.807, 2.05) is 60.7 Å². The van der Waals surface area contributed by atoms with Crippen LogP contribution in [0.4, 0.5) is 0 Å². The third-order valence-electron chi connectivity index (χ3n) is 5.14. The van der Waals surface area contributed by atoms with Gasteiger partial charge in [0.25, 0.3) is 0 Å². The average Bonchev–Trinajstić information content (AvgIpc) is 3.22. The Morgan fingerprint density at radius 1 is 0.793 bits per heavy atom. The van der Waals surface area contributed by atoms with Crippen molar-refractivity contribution < 1.29 is 12.6 Å². The van der Waals surface area contributed by atoms with E-state index in [0.717, 1.165) is 27.5 Å². The summed E-state index contributed by atoms with van der Waals surface area (Å²) in [6, 6.07) is 24.9. The third kappa shape index (κ3) is 3.11. The molecule has 0 spiro atoms. The molecule has 0 aliphatic carbocycles. The number of benzene rings is 3. The smallest absolute Gasteiger partial charge is 0.144 e. The summed E-state index contributed by atoms with van der Waals surface area (Å²) in [4.78, 5) is 4.46. The van der Waals surface area contributed by atoms with E-state index in [0.29, 0.717) is 16.8 Å². The Morgan fingerprint density at radius 2 is 1.66 bits per heavy atom. The van der Waals surface area contributed by atoms with Crippen LogP contribution in [-0.4, -0.2) is 4.98 Å². The highest BCUT2D eigenvalue weighted by Gasteiger charge is 2.17.